The number of nitrogens with one attached hydrogen (secondary N) is 2. The van der Waals surface area contributed by atoms with Crippen LogP contribution in [0.15, 0.2) is 22.8 Å². The number of nitrogens with zero attached hydrogens (tertiary/aromatic N) is 3. The standard InChI is InChI=1S/C13H18N6O5/c14-11-10(19(21)22)12(16-8-9-2-1-5-24-9)18-13(17-11)15-3-6-23-7-4-20/h1-2,5,20H,3-4,6-8H2,(H4,14,15,16,17,18). The van der Waals surface area contributed by atoms with Crippen LogP contribution in [0.25, 0.3) is 0 Å². The third kappa shape index (κ3) is 4.79. The van der Waals surface area contributed by atoms with E-state index in [1.54, 1.807) is 12.1 Å². The summed E-state index contributed by atoms with van der Waals surface area (Å²) < 4.78 is 10.2. The Labute approximate surface area is 137 Å². The first-order valence-corrected chi connectivity index (χ1v) is 7.12. The van der Waals surface area contributed by atoms with Crippen LogP contribution in [0.2, 0.25) is 0 Å². The first-order valence-electron chi connectivity index (χ1n) is 7.12. The predicted molar refractivity (Wildman–Crippen MR) is 85.5 cm³/mol. The number of nitro groups is 1. The lowest BCUT2D eigenvalue weighted by molar-refractivity contribution is -0.383. The molecule has 5 N–H and O–H groups in total. The van der Waals surface area contributed by atoms with Crippen LogP contribution in [0, 0.1) is 10.1 Å². The van der Waals surface area contributed by atoms with Gasteiger partial charge in [0.1, 0.15) is 5.76 Å². The molecule has 0 bridgehead atoms. The molecule has 24 heavy (non-hydrogen) atoms. The van der Waals surface area contributed by atoms with E-state index in [2.05, 4.69) is 20.6 Å². The number of aliphatic hydroxyl groups is 1. The summed E-state index contributed by atoms with van der Waals surface area (Å²) in [6.45, 7) is 1.04. The molecule has 0 saturated heterocycles. The maximum Gasteiger partial charge on any atom is 0.353 e. The van der Waals surface area contributed by atoms with Gasteiger partial charge in [-0.05, 0) is 12.1 Å². The van der Waals surface area contributed by atoms with E-state index in [-0.39, 0.29) is 37.3 Å². The van der Waals surface area contributed by atoms with Crippen LogP contribution in [0.4, 0.5) is 23.3 Å². The maximum absolute atomic E-state index is 11.2. The number of nitrogens with two attached hydrogens (primary N) is 1. The molecule has 2 heterocycles. The Morgan fingerprint density at radius 1 is 1.38 bits per heavy atom. The highest BCUT2D eigenvalue weighted by Gasteiger charge is 2.23. The summed E-state index contributed by atoms with van der Waals surface area (Å²) in [6, 6.07) is 3.43. The molecule has 2 aromatic heterocycles. The molecule has 0 aromatic carbocycles. The lowest BCUT2D eigenvalue weighted by atomic mass is 10.4. The molecule has 0 fully saturated rings. The second-order valence-corrected chi connectivity index (χ2v) is 4.58. The fourth-order valence-electron chi connectivity index (χ4n) is 1.84. The van der Waals surface area contributed by atoms with Gasteiger partial charge in [-0.15, -0.1) is 0 Å². The van der Waals surface area contributed by atoms with Crippen molar-refractivity contribution < 1.29 is 19.2 Å². The normalized spacial score (nSPS) is 10.5. The molecule has 0 amide bonds. The fourth-order valence-corrected chi connectivity index (χ4v) is 1.84. The van der Waals surface area contributed by atoms with Gasteiger partial charge in [0.05, 0.1) is 37.6 Å². The molecule has 0 aliphatic heterocycles. The van der Waals surface area contributed by atoms with E-state index in [9.17, 15) is 10.1 Å². The minimum Gasteiger partial charge on any atom is -0.467 e. The van der Waals surface area contributed by atoms with Gasteiger partial charge in [-0.1, -0.05) is 0 Å². The highest BCUT2D eigenvalue weighted by molar-refractivity contribution is 5.69. The van der Waals surface area contributed by atoms with Gasteiger partial charge in [-0.25, -0.2) is 0 Å². The topological polar surface area (TPSA) is 162 Å². The molecule has 0 aliphatic carbocycles. The monoisotopic (exact) mass is 338 g/mol. The summed E-state index contributed by atoms with van der Waals surface area (Å²) in [4.78, 5) is 18.5. The Morgan fingerprint density at radius 3 is 2.88 bits per heavy atom. The van der Waals surface area contributed by atoms with Gasteiger partial charge in [-0.2, -0.15) is 9.97 Å². The van der Waals surface area contributed by atoms with Gasteiger partial charge < -0.3 is 30.6 Å². The number of nitrogen functional groups attached to an aromatic ring is 1. The van der Waals surface area contributed by atoms with Crippen LogP contribution in [0.5, 0.6) is 0 Å². The van der Waals surface area contributed by atoms with E-state index in [4.69, 9.17) is 20.0 Å². The predicted octanol–water partition coefficient (Wildman–Crippen LogP) is 0.593. The lowest BCUT2D eigenvalue weighted by Crippen LogP contribution is -2.15. The number of furan rings is 1. The Hall–Kier alpha value is -2.92. The summed E-state index contributed by atoms with van der Waals surface area (Å²) in [5, 5.41) is 25.4. The summed E-state index contributed by atoms with van der Waals surface area (Å²) in [7, 11) is 0. The Morgan fingerprint density at radius 2 is 2.21 bits per heavy atom. The smallest absolute Gasteiger partial charge is 0.353 e. The number of hydrogen-bond donors (Lipinski definition) is 4. The van der Waals surface area contributed by atoms with Crippen LogP contribution in [0.3, 0.4) is 0 Å². The van der Waals surface area contributed by atoms with Gasteiger partial charge in [-0.3, -0.25) is 10.1 Å². The number of ether oxygens (including phenoxy) is 1. The van der Waals surface area contributed by atoms with E-state index < -0.39 is 10.6 Å². The average molecular weight is 338 g/mol. The summed E-state index contributed by atoms with van der Waals surface area (Å²) in [6.07, 6.45) is 1.50. The fraction of sp³-hybridized carbons (Fsp3) is 0.385. The Balaban J connectivity index is 2.08. The largest absolute Gasteiger partial charge is 0.467 e. The van der Waals surface area contributed by atoms with Crippen molar-refractivity contribution in [2.75, 3.05) is 42.7 Å². The summed E-state index contributed by atoms with van der Waals surface area (Å²) >= 11 is 0. The lowest BCUT2D eigenvalue weighted by Gasteiger charge is -2.10. The quantitative estimate of drug-likeness (QED) is 0.274. The zero-order chi connectivity index (χ0) is 17.4. The minimum atomic E-state index is -0.645. The van der Waals surface area contributed by atoms with Crippen molar-refractivity contribution in [3.05, 3.63) is 34.3 Å². The zero-order valence-electron chi connectivity index (χ0n) is 12.8. The van der Waals surface area contributed by atoms with Crippen molar-refractivity contribution >= 4 is 23.3 Å². The van der Waals surface area contributed by atoms with Gasteiger partial charge in [0.2, 0.25) is 17.6 Å². The first kappa shape index (κ1) is 17.4. The van der Waals surface area contributed by atoms with Gasteiger partial charge in [0, 0.05) is 6.54 Å². The highest BCUT2D eigenvalue weighted by atomic mass is 16.6. The van der Waals surface area contributed by atoms with Crippen molar-refractivity contribution in [3.63, 3.8) is 0 Å². The van der Waals surface area contributed by atoms with E-state index in [0.717, 1.165) is 0 Å². The minimum absolute atomic E-state index is 0.0114. The Kier molecular flexibility index (Phi) is 6.28. The number of hydrogen-bond acceptors (Lipinski definition) is 10. The first-order chi connectivity index (χ1) is 11.6. The van der Waals surface area contributed by atoms with Gasteiger partial charge in [0.15, 0.2) is 0 Å². The summed E-state index contributed by atoms with van der Waals surface area (Å²) in [5.74, 6) is 0.458. The van der Waals surface area contributed by atoms with Crippen LogP contribution >= 0.6 is 0 Å². The van der Waals surface area contributed by atoms with Crippen LogP contribution in [-0.4, -0.2) is 46.4 Å². The second kappa shape index (κ2) is 8.64. The number of aromatic nitrogens is 2. The molecule has 11 nitrogen and oxygen atoms in total. The molecule has 0 saturated carbocycles. The van der Waals surface area contributed by atoms with Gasteiger partial charge >= 0.3 is 5.69 Å². The molecule has 0 radical (unpaired) electrons. The van der Waals surface area contributed by atoms with Crippen molar-refractivity contribution in [2.24, 2.45) is 0 Å². The van der Waals surface area contributed by atoms with Crippen LogP contribution < -0.4 is 16.4 Å². The Bertz CT molecular complexity index is 663. The second-order valence-electron chi connectivity index (χ2n) is 4.58. The maximum atomic E-state index is 11.2. The molecule has 2 aromatic rings. The van der Waals surface area contributed by atoms with E-state index in [1.165, 1.54) is 6.26 Å². The SMILES string of the molecule is Nc1nc(NCCOCCO)nc(NCc2ccco2)c1[N+](=O)[O-]. The third-order valence-electron chi connectivity index (χ3n) is 2.87. The van der Waals surface area contributed by atoms with Crippen molar-refractivity contribution in [2.45, 2.75) is 6.54 Å². The molecule has 0 aliphatic rings. The van der Waals surface area contributed by atoms with Gasteiger partial charge in [0.25, 0.3) is 0 Å². The molecule has 0 atom stereocenters. The molecular weight excluding hydrogens is 320 g/mol. The van der Waals surface area contributed by atoms with Crippen molar-refractivity contribution in [1.82, 2.24) is 9.97 Å². The molecule has 0 spiro atoms. The molecule has 2 rings (SSSR count). The third-order valence-corrected chi connectivity index (χ3v) is 2.87. The van der Waals surface area contributed by atoms with Crippen LogP contribution in [-0.2, 0) is 11.3 Å². The zero-order valence-corrected chi connectivity index (χ0v) is 12.8. The van der Waals surface area contributed by atoms with Crippen molar-refractivity contribution in [1.29, 1.82) is 0 Å². The molecule has 0 unspecified atom stereocenters. The van der Waals surface area contributed by atoms with E-state index >= 15 is 0 Å². The summed E-state index contributed by atoms with van der Waals surface area (Å²) in [5.41, 5.74) is 5.26. The number of rotatable bonds is 10. The van der Waals surface area contributed by atoms with E-state index in [1.807, 2.05) is 0 Å². The average Bonchev–Trinajstić information content (AvgIpc) is 3.05. The van der Waals surface area contributed by atoms with Crippen LogP contribution in [0.1, 0.15) is 5.76 Å². The number of aliphatic hydroxyl groups excluding tert-OH is 1. The van der Waals surface area contributed by atoms with E-state index in [0.29, 0.717) is 18.9 Å². The molecular formula is C13H18N6O5. The van der Waals surface area contributed by atoms with Crippen molar-refractivity contribution in [3.8, 4) is 0 Å². The highest BCUT2D eigenvalue weighted by Crippen LogP contribution is 2.29. The number of anilines is 3. The molecule has 11 heteroatoms. The molecule has 130 valence electrons.